The quantitative estimate of drug-likeness (QED) is 0.242. The van der Waals surface area contributed by atoms with E-state index in [2.05, 4.69) is 46.2 Å². The second-order valence-electron chi connectivity index (χ2n) is 10.6. The van der Waals surface area contributed by atoms with Gasteiger partial charge >= 0.3 is 12.0 Å². The van der Waals surface area contributed by atoms with Crippen LogP contribution in [0.4, 0.5) is 4.79 Å². The number of hydrogen-bond acceptors (Lipinski definition) is 6. The highest BCUT2D eigenvalue weighted by Crippen LogP contribution is 2.45. The molecular weight excluding hydrogens is 496 g/mol. The van der Waals surface area contributed by atoms with Crippen LogP contribution in [0.3, 0.4) is 0 Å². The lowest BCUT2D eigenvalue weighted by Gasteiger charge is -2.47. The topological polar surface area (TPSA) is 112 Å². The molecule has 3 amide bonds. The number of hydrogen-bond donors (Lipinski definition) is 2. The fraction of sp³-hybridized carbons (Fsp3) is 0.533. The standard InChI is InChI=1S/C30H40N4O5/c1-4-13-33-19-22(16-24-23-10-7-11-25-28(23)21(18-32-25)17-26(24)33)29(37)34(30(38)31-5-2)14-8-15-39-27(36)12-6-9-20(3)35/h4,7,10-11,18,22,24,26,32H,1,5-6,8-9,12-17,19H2,2-3H3,(H,31,38)/t22-,24-,26-/m1/s1. The van der Waals surface area contributed by atoms with Gasteiger partial charge in [0, 0.05) is 68.1 Å². The maximum atomic E-state index is 13.9. The van der Waals surface area contributed by atoms with Gasteiger partial charge in [0.15, 0.2) is 0 Å². The zero-order valence-electron chi connectivity index (χ0n) is 23.0. The summed E-state index contributed by atoms with van der Waals surface area (Å²) >= 11 is 0. The number of benzene rings is 1. The first-order valence-electron chi connectivity index (χ1n) is 14.0. The number of aromatic nitrogens is 1. The molecule has 0 saturated carbocycles. The smallest absolute Gasteiger partial charge is 0.324 e. The Morgan fingerprint density at radius 1 is 1.23 bits per heavy atom. The van der Waals surface area contributed by atoms with Crippen molar-refractivity contribution in [3.8, 4) is 0 Å². The van der Waals surface area contributed by atoms with Crippen molar-refractivity contribution in [2.45, 2.75) is 64.3 Å². The van der Waals surface area contributed by atoms with Crippen LogP contribution in [0.25, 0.3) is 10.9 Å². The van der Waals surface area contributed by atoms with Crippen LogP contribution < -0.4 is 5.32 Å². The molecular formula is C30H40N4O5. The summed E-state index contributed by atoms with van der Waals surface area (Å²) in [6.45, 7) is 9.16. The van der Waals surface area contributed by atoms with Gasteiger partial charge < -0.3 is 19.8 Å². The molecule has 3 atom stereocenters. The summed E-state index contributed by atoms with van der Waals surface area (Å²) in [6.07, 6.45) is 6.89. The van der Waals surface area contributed by atoms with E-state index in [1.54, 1.807) is 0 Å². The number of rotatable bonds is 12. The lowest BCUT2D eigenvalue weighted by molar-refractivity contribution is -0.144. The van der Waals surface area contributed by atoms with E-state index in [1.807, 2.05) is 13.0 Å². The van der Waals surface area contributed by atoms with Gasteiger partial charge in [-0.1, -0.05) is 18.2 Å². The summed E-state index contributed by atoms with van der Waals surface area (Å²) in [5, 5.41) is 4.02. The zero-order chi connectivity index (χ0) is 27.9. The van der Waals surface area contributed by atoms with E-state index in [1.165, 1.54) is 28.3 Å². The van der Waals surface area contributed by atoms with Crippen LogP contribution in [-0.4, -0.2) is 77.3 Å². The van der Waals surface area contributed by atoms with E-state index in [-0.39, 0.29) is 55.1 Å². The van der Waals surface area contributed by atoms with Crippen molar-refractivity contribution in [3.05, 3.63) is 48.2 Å². The van der Waals surface area contributed by atoms with Gasteiger partial charge in [-0.2, -0.15) is 0 Å². The largest absolute Gasteiger partial charge is 0.466 e. The van der Waals surface area contributed by atoms with Crippen molar-refractivity contribution in [3.63, 3.8) is 0 Å². The molecule has 0 radical (unpaired) electrons. The van der Waals surface area contributed by atoms with Gasteiger partial charge in [-0.15, -0.1) is 6.58 Å². The number of esters is 1. The van der Waals surface area contributed by atoms with Crippen LogP contribution in [0.5, 0.6) is 0 Å². The van der Waals surface area contributed by atoms with Gasteiger partial charge in [-0.05, 0) is 56.7 Å². The van der Waals surface area contributed by atoms with E-state index in [0.717, 1.165) is 11.9 Å². The summed E-state index contributed by atoms with van der Waals surface area (Å²) in [6, 6.07) is 6.16. The first-order chi connectivity index (χ1) is 18.8. The van der Waals surface area contributed by atoms with Crippen molar-refractivity contribution >= 4 is 34.6 Å². The van der Waals surface area contributed by atoms with E-state index >= 15 is 0 Å². The third-order valence-electron chi connectivity index (χ3n) is 7.83. The summed E-state index contributed by atoms with van der Waals surface area (Å²) < 4.78 is 5.27. The SMILES string of the molecule is C=CCN1C[C@H](C(=O)N(CCCOC(=O)CCCC(C)=O)C(=O)NCC)C[C@@H]2c3cccc4[nH]cc(c34)C[C@H]21. The van der Waals surface area contributed by atoms with Crippen LogP contribution in [0.15, 0.2) is 37.1 Å². The van der Waals surface area contributed by atoms with Crippen molar-refractivity contribution in [1.82, 2.24) is 20.1 Å². The number of amides is 3. The lowest BCUT2D eigenvalue weighted by atomic mass is 9.72. The predicted molar refractivity (Wildman–Crippen MR) is 149 cm³/mol. The molecule has 1 aromatic heterocycles. The fourth-order valence-corrected chi connectivity index (χ4v) is 6.09. The first-order valence-corrected chi connectivity index (χ1v) is 14.0. The van der Waals surface area contributed by atoms with Crippen LogP contribution in [0.1, 0.15) is 63.0 Å². The molecule has 9 nitrogen and oxygen atoms in total. The maximum Gasteiger partial charge on any atom is 0.324 e. The molecule has 1 aliphatic heterocycles. The van der Waals surface area contributed by atoms with Crippen LogP contribution in [-0.2, 0) is 25.5 Å². The van der Waals surface area contributed by atoms with Crippen molar-refractivity contribution in [2.75, 3.05) is 32.8 Å². The molecule has 1 fully saturated rings. The molecule has 4 rings (SSSR count). The Morgan fingerprint density at radius 3 is 2.79 bits per heavy atom. The van der Waals surface area contributed by atoms with Gasteiger partial charge in [-0.25, -0.2) is 4.79 Å². The summed E-state index contributed by atoms with van der Waals surface area (Å²) in [5.74, 6) is -0.710. The van der Waals surface area contributed by atoms with Crippen LogP contribution in [0, 0.1) is 5.92 Å². The number of ketones is 1. The normalized spacial score (nSPS) is 20.2. The number of nitrogens with zero attached hydrogens (tertiary/aromatic N) is 2. The molecule has 2 heterocycles. The number of Topliss-reactive ketones (excluding diaryl/α,β-unsaturated/α-hetero) is 1. The molecule has 0 spiro atoms. The molecule has 39 heavy (non-hydrogen) atoms. The Morgan fingerprint density at radius 2 is 2.05 bits per heavy atom. The number of piperidine rings is 1. The minimum absolute atomic E-state index is 0.0398. The number of imide groups is 1. The Labute approximate surface area is 229 Å². The number of aromatic amines is 1. The Balaban J connectivity index is 1.45. The molecule has 1 aromatic carbocycles. The number of urea groups is 1. The Bertz CT molecular complexity index is 1220. The monoisotopic (exact) mass is 536 g/mol. The molecule has 210 valence electrons. The van der Waals surface area contributed by atoms with E-state index in [0.29, 0.717) is 45.3 Å². The molecule has 2 aliphatic rings. The lowest BCUT2D eigenvalue weighted by Crippen LogP contribution is -2.55. The summed E-state index contributed by atoms with van der Waals surface area (Å²) in [5.41, 5.74) is 3.68. The number of nitrogens with one attached hydrogen (secondary N) is 2. The number of fused-ring (bicyclic) bond motifs is 2. The molecule has 1 saturated heterocycles. The first kappa shape index (κ1) is 28.5. The van der Waals surface area contributed by atoms with E-state index < -0.39 is 6.03 Å². The van der Waals surface area contributed by atoms with Crippen molar-refractivity contribution in [2.24, 2.45) is 5.92 Å². The highest BCUT2D eigenvalue weighted by molar-refractivity contribution is 5.96. The molecule has 2 aromatic rings. The summed E-state index contributed by atoms with van der Waals surface area (Å²) in [4.78, 5) is 56.9. The third-order valence-corrected chi connectivity index (χ3v) is 7.83. The summed E-state index contributed by atoms with van der Waals surface area (Å²) in [7, 11) is 0. The molecule has 0 unspecified atom stereocenters. The minimum Gasteiger partial charge on any atom is -0.466 e. The van der Waals surface area contributed by atoms with E-state index in [4.69, 9.17) is 4.74 Å². The highest BCUT2D eigenvalue weighted by Gasteiger charge is 2.43. The number of H-pyrrole nitrogens is 1. The van der Waals surface area contributed by atoms with E-state index in [9.17, 15) is 19.2 Å². The second-order valence-corrected chi connectivity index (χ2v) is 10.6. The van der Waals surface area contributed by atoms with Crippen molar-refractivity contribution in [1.29, 1.82) is 0 Å². The van der Waals surface area contributed by atoms with Crippen molar-refractivity contribution < 1.29 is 23.9 Å². The Kier molecular flexibility index (Phi) is 9.56. The zero-order valence-corrected chi connectivity index (χ0v) is 23.0. The van der Waals surface area contributed by atoms with Gasteiger partial charge in [-0.3, -0.25) is 19.4 Å². The molecule has 0 bridgehead atoms. The highest BCUT2D eigenvalue weighted by atomic mass is 16.5. The van der Waals surface area contributed by atoms with Crippen LogP contribution >= 0.6 is 0 Å². The second kappa shape index (κ2) is 13.1. The average Bonchev–Trinajstić information content (AvgIpc) is 3.33. The van der Waals surface area contributed by atoms with Crippen LogP contribution in [0.2, 0.25) is 0 Å². The van der Waals surface area contributed by atoms with Gasteiger partial charge in [0.1, 0.15) is 5.78 Å². The third kappa shape index (κ3) is 6.58. The maximum absolute atomic E-state index is 13.9. The minimum atomic E-state index is -0.425. The number of carbonyl (C=O) groups excluding carboxylic acids is 4. The molecule has 9 heteroatoms. The number of likely N-dealkylation sites (tertiary alicyclic amines) is 1. The average molecular weight is 537 g/mol. The Hall–Kier alpha value is -3.46. The number of carbonyl (C=O) groups is 4. The van der Waals surface area contributed by atoms with Gasteiger partial charge in [0.05, 0.1) is 12.5 Å². The molecule has 1 aliphatic carbocycles. The predicted octanol–water partition coefficient (Wildman–Crippen LogP) is 3.93. The van der Waals surface area contributed by atoms with Gasteiger partial charge in [0.2, 0.25) is 5.91 Å². The van der Waals surface area contributed by atoms with Gasteiger partial charge in [0.25, 0.3) is 0 Å². The fourth-order valence-electron chi connectivity index (χ4n) is 6.09. The number of ether oxygens (including phenoxy) is 1. The molecule has 2 N–H and O–H groups in total.